The number of hydrogen-bond donors (Lipinski definition) is 2. The largest absolute Gasteiger partial charge is 0.312 e. The number of aryl methyl sites for hydroxylation is 2. The Kier molecular flexibility index (Phi) is 4.52. The van der Waals surface area contributed by atoms with E-state index in [2.05, 4.69) is 15.6 Å². The average molecular weight is 289 g/mol. The second-order valence-corrected chi connectivity index (χ2v) is 5.70. The zero-order valence-electron chi connectivity index (χ0n) is 12.2. The van der Waals surface area contributed by atoms with Crippen molar-refractivity contribution in [2.75, 3.05) is 12.4 Å². The summed E-state index contributed by atoms with van der Waals surface area (Å²) in [7, 11) is 1.89. The number of benzene rings is 1. The van der Waals surface area contributed by atoms with Crippen molar-refractivity contribution in [3.8, 4) is 0 Å². The van der Waals surface area contributed by atoms with Gasteiger partial charge >= 0.3 is 0 Å². The van der Waals surface area contributed by atoms with E-state index >= 15 is 0 Å². The normalized spacial score (nSPS) is 12.2. The number of hydrogen-bond acceptors (Lipinski definition) is 4. The van der Waals surface area contributed by atoms with E-state index in [9.17, 15) is 4.79 Å². The van der Waals surface area contributed by atoms with Crippen LogP contribution >= 0.6 is 11.3 Å². The number of nitrogens with one attached hydrogen (secondary N) is 2. The highest BCUT2D eigenvalue weighted by atomic mass is 32.1. The molecule has 0 bridgehead atoms. The fourth-order valence-corrected chi connectivity index (χ4v) is 2.54. The van der Waals surface area contributed by atoms with Gasteiger partial charge in [0.15, 0.2) is 5.13 Å². The van der Waals surface area contributed by atoms with Gasteiger partial charge in [-0.05, 0) is 51.1 Å². The Morgan fingerprint density at radius 1 is 1.30 bits per heavy atom. The monoisotopic (exact) mass is 289 g/mol. The molecule has 1 atom stereocenters. The van der Waals surface area contributed by atoms with E-state index in [-0.39, 0.29) is 11.9 Å². The molecule has 4 nitrogen and oxygen atoms in total. The Labute approximate surface area is 123 Å². The van der Waals surface area contributed by atoms with Crippen LogP contribution in [0, 0.1) is 13.8 Å². The minimum absolute atomic E-state index is 0.119. The Hall–Kier alpha value is -1.72. The molecular formula is C15H19N3OS. The van der Waals surface area contributed by atoms with Gasteiger partial charge in [-0.25, -0.2) is 4.98 Å². The standard InChI is InChI=1S/C15H19N3OS/c1-9-5-6-12(7-10(9)2)14(19)18-15-17-13(8-20-15)11(3)16-4/h5-8,11,16H,1-4H3,(H,17,18,19). The van der Waals surface area contributed by atoms with Crippen molar-refractivity contribution in [3.63, 3.8) is 0 Å². The van der Waals surface area contributed by atoms with Crippen LogP contribution in [-0.2, 0) is 0 Å². The molecule has 2 aromatic rings. The van der Waals surface area contributed by atoms with Crippen LogP contribution in [0.5, 0.6) is 0 Å². The highest BCUT2D eigenvalue weighted by Crippen LogP contribution is 2.21. The van der Waals surface area contributed by atoms with Crippen LogP contribution < -0.4 is 10.6 Å². The van der Waals surface area contributed by atoms with E-state index in [1.54, 1.807) is 0 Å². The fourth-order valence-electron chi connectivity index (χ4n) is 1.74. The van der Waals surface area contributed by atoms with Crippen molar-refractivity contribution in [2.45, 2.75) is 26.8 Å². The Morgan fingerprint density at radius 2 is 2.05 bits per heavy atom. The van der Waals surface area contributed by atoms with E-state index in [0.717, 1.165) is 11.3 Å². The second-order valence-electron chi connectivity index (χ2n) is 4.84. The van der Waals surface area contributed by atoms with Crippen LogP contribution in [0.15, 0.2) is 23.6 Å². The summed E-state index contributed by atoms with van der Waals surface area (Å²) in [5.74, 6) is -0.119. The van der Waals surface area contributed by atoms with Gasteiger partial charge < -0.3 is 5.32 Å². The molecule has 0 radical (unpaired) electrons. The van der Waals surface area contributed by atoms with E-state index in [0.29, 0.717) is 10.7 Å². The van der Waals surface area contributed by atoms with Gasteiger partial charge in [0.05, 0.1) is 5.69 Å². The number of aromatic nitrogens is 1. The third kappa shape index (κ3) is 3.23. The number of anilines is 1. The highest BCUT2D eigenvalue weighted by molar-refractivity contribution is 7.14. The molecule has 0 fully saturated rings. The molecule has 1 heterocycles. The number of thiazole rings is 1. The minimum Gasteiger partial charge on any atom is -0.312 e. The lowest BCUT2D eigenvalue weighted by Crippen LogP contribution is -2.14. The van der Waals surface area contributed by atoms with E-state index in [1.807, 2.05) is 51.4 Å². The molecule has 106 valence electrons. The predicted molar refractivity (Wildman–Crippen MR) is 83.5 cm³/mol. The minimum atomic E-state index is -0.119. The molecule has 0 aliphatic heterocycles. The summed E-state index contributed by atoms with van der Waals surface area (Å²) in [6.45, 7) is 6.06. The van der Waals surface area contributed by atoms with Crippen LogP contribution in [0.25, 0.3) is 0 Å². The molecule has 20 heavy (non-hydrogen) atoms. The van der Waals surface area contributed by atoms with Crippen LogP contribution in [0.3, 0.4) is 0 Å². The van der Waals surface area contributed by atoms with Crippen molar-refractivity contribution in [1.29, 1.82) is 0 Å². The van der Waals surface area contributed by atoms with Crippen LogP contribution in [-0.4, -0.2) is 17.9 Å². The van der Waals surface area contributed by atoms with Gasteiger partial charge in [0.25, 0.3) is 5.91 Å². The number of carbonyl (C=O) groups is 1. The Bertz CT molecular complexity index is 621. The van der Waals surface area contributed by atoms with Crippen molar-refractivity contribution in [3.05, 3.63) is 46.0 Å². The summed E-state index contributed by atoms with van der Waals surface area (Å²) in [4.78, 5) is 16.6. The molecule has 0 aliphatic carbocycles. The van der Waals surface area contributed by atoms with Crippen molar-refractivity contribution in [2.24, 2.45) is 0 Å². The van der Waals surface area contributed by atoms with Gasteiger partial charge in [-0.3, -0.25) is 10.1 Å². The highest BCUT2D eigenvalue weighted by Gasteiger charge is 2.12. The van der Waals surface area contributed by atoms with Crippen LogP contribution in [0.1, 0.15) is 40.1 Å². The summed E-state index contributed by atoms with van der Waals surface area (Å²) in [5.41, 5.74) is 3.89. The first-order valence-electron chi connectivity index (χ1n) is 6.52. The quantitative estimate of drug-likeness (QED) is 0.908. The Morgan fingerprint density at radius 3 is 2.70 bits per heavy atom. The summed E-state index contributed by atoms with van der Waals surface area (Å²) in [5, 5.41) is 8.56. The maximum absolute atomic E-state index is 12.2. The summed E-state index contributed by atoms with van der Waals surface area (Å²) < 4.78 is 0. The number of nitrogens with zero attached hydrogens (tertiary/aromatic N) is 1. The lowest BCUT2D eigenvalue weighted by Gasteiger charge is -2.06. The lowest BCUT2D eigenvalue weighted by atomic mass is 10.1. The third-order valence-corrected chi connectivity index (χ3v) is 4.16. The van der Waals surface area contributed by atoms with Gasteiger partial charge in [0.1, 0.15) is 0 Å². The van der Waals surface area contributed by atoms with Gasteiger partial charge in [0.2, 0.25) is 0 Å². The molecule has 0 saturated carbocycles. The Balaban J connectivity index is 2.11. The average Bonchev–Trinajstić information content (AvgIpc) is 2.89. The second kappa shape index (κ2) is 6.15. The fraction of sp³-hybridized carbons (Fsp3) is 0.333. The molecule has 1 unspecified atom stereocenters. The first-order chi connectivity index (χ1) is 9.51. The maximum atomic E-state index is 12.2. The number of carbonyl (C=O) groups excluding carboxylic acids is 1. The third-order valence-electron chi connectivity index (χ3n) is 3.39. The number of amides is 1. The molecule has 2 rings (SSSR count). The van der Waals surface area contributed by atoms with Crippen molar-refractivity contribution < 1.29 is 4.79 Å². The van der Waals surface area contributed by atoms with E-state index in [4.69, 9.17) is 0 Å². The first kappa shape index (κ1) is 14.7. The molecule has 1 amide bonds. The molecule has 1 aromatic heterocycles. The maximum Gasteiger partial charge on any atom is 0.257 e. The number of rotatable bonds is 4. The molecular weight excluding hydrogens is 270 g/mol. The van der Waals surface area contributed by atoms with Gasteiger partial charge in [0, 0.05) is 17.0 Å². The van der Waals surface area contributed by atoms with Gasteiger partial charge in [-0.2, -0.15) is 0 Å². The van der Waals surface area contributed by atoms with Gasteiger partial charge in [-0.15, -0.1) is 11.3 Å². The van der Waals surface area contributed by atoms with Crippen LogP contribution in [0.4, 0.5) is 5.13 Å². The van der Waals surface area contributed by atoms with Crippen molar-refractivity contribution >= 4 is 22.4 Å². The van der Waals surface area contributed by atoms with Crippen LogP contribution in [0.2, 0.25) is 0 Å². The summed E-state index contributed by atoms with van der Waals surface area (Å²) in [6, 6.07) is 5.87. The van der Waals surface area contributed by atoms with Crippen molar-refractivity contribution in [1.82, 2.24) is 10.3 Å². The molecule has 1 aromatic carbocycles. The smallest absolute Gasteiger partial charge is 0.257 e. The zero-order valence-corrected chi connectivity index (χ0v) is 13.0. The SMILES string of the molecule is CNC(C)c1csc(NC(=O)c2ccc(C)c(C)c2)n1. The molecule has 5 heteroatoms. The molecule has 0 spiro atoms. The van der Waals surface area contributed by atoms with E-state index in [1.165, 1.54) is 16.9 Å². The van der Waals surface area contributed by atoms with Gasteiger partial charge in [-0.1, -0.05) is 6.07 Å². The summed E-state index contributed by atoms with van der Waals surface area (Å²) in [6.07, 6.45) is 0. The predicted octanol–water partition coefficient (Wildman–Crippen LogP) is 3.29. The first-order valence-corrected chi connectivity index (χ1v) is 7.40. The molecule has 0 saturated heterocycles. The van der Waals surface area contributed by atoms with E-state index < -0.39 is 0 Å². The lowest BCUT2D eigenvalue weighted by molar-refractivity contribution is 0.102. The topological polar surface area (TPSA) is 54.0 Å². The summed E-state index contributed by atoms with van der Waals surface area (Å²) >= 11 is 1.44. The zero-order chi connectivity index (χ0) is 14.7. The molecule has 2 N–H and O–H groups in total. The molecule has 0 aliphatic rings.